The number of piperidine rings is 1. The number of aliphatic hydroxyl groups excluding tert-OH is 3. The second kappa shape index (κ2) is 24.4. The van der Waals surface area contributed by atoms with Gasteiger partial charge in [0.05, 0.1) is 24.4 Å². The van der Waals surface area contributed by atoms with E-state index in [1.807, 2.05) is 32.1 Å². The number of amides is 1. The number of ketones is 3. The fourth-order valence-electron chi connectivity index (χ4n) is 9.85. The van der Waals surface area contributed by atoms with Crippen molar-refractivity contribution in [2.24, 2.45) is 35.5 Å². The monoisotopic (exact) mass is 900 g/mol. The van der Waals surface area contributed by atoms with E-state index < -0.39 is 83.9 Å². The van der Waals surface area contributed by atoms with Crippen LogP contribution in [0.4, 0.5) is 0 Å². The van der Waals surface area contributed by atoms with E-state index in [1.54, 1.807) is 60.0 Å². The number of fused-ring (bicyclic) bond motifs is 3. The van der Waals surface area contributed by atoms with Crippen molar-refractivity contribution in [2.75, 3.05) is 20.8 Å². The zero-order valence-electron chi connectivity index (χ0n) is 39.6. The molecule has 64 heavy (non-hydrogen) atoms. The van der Waals surface area contributed by atoms with Crippen molar-refractivity contribution in [1.82, 2.24) is 4.90 Å². The number of carbonyl (C=O) groups excluding carboxylic acids is 5. The molecule has 360 valence electrons. The average Bonchev–Trinajstić information content (AvgIpc) is 3.26. The van der Waals surface area contributed by atoms with Crippen LogP contribution in [0.1, 0.15) is 126 Å². The van der Waals surface area contributed by atoms with Gasteiger partial charge in [-0.15, -0.1) is 0 Å². The lowest BCUT2D eigenvalue weighted by atomic mass is 9.78. The van der Waals surface area contributed by atoms with Crippen molar-refractivity contribution in [3.63, 3.8) is 0 Å². The fraction of sp³-hybridized carbons (Fsp3) is 0.740. The average molecular weight is 900 g/mol. The highest BCUT2D eigenvalue weighted by Crippen LogP contribution is 2.37. The Labute approximate surface area is 380 Å². The summed E-state index contributed by atoms with van der Waals surface area (Å²) in [7, 11) is 2.93. The number of hydrogen-bond acceptors (Lipinski definition) is 13. The Bertz CT molecular complexity index is 1740. The first-order valence-corrected chi connectivity index (χ1v) is 23.5. The minimum absolute atomic E-state index is 0.00489. The third-order valence-corrected chi connectivity index (χ3v) is 14.2. The summed E-state index contributed by atoms with van der Waals surface area (Å²) >= 11 is 0. The van der Waals surface area contributed by atoms with E-state index in [2.05, 4.69) is 0 Å². The molecule has 4 N–H and O–H groups in total. The van der Waals surface area contributed by atoms with Gasteiger partial charge in [0.25, 0.3) is 11.7 Å². The summed E-state index contributed by atoms with van der Waals surface area (Å²) in [5, 5.41) is 44.8. The SMILES string of the molecule is CO[C@@H]1C[C@H](C[C@@H](C)[C@@H]2CC(=O)[C@H](C)/C=C(\C)[C@@H](O)[C@@H](OC)C(=O)[C@@H](C)C[C@H](C)/C=C/C=C/C=C(\C)[C@H](O)C[C@@H]3CC[C@@H](C)[C@@](O)(O3)C(=O)C(=O)N3CCCC[C@H]3C(=O)O2)CC[C@H]1O. The first kappa shape index (κ1) is 53.2. The smallest absolute Gasteiger partial charge is 0.329 e. The molecule has 4 aliphatic rings. The van der Waals surface area contributed by atoms with Crippen LogP contribution in [0.3, 0.4) is 0 Å². The zero-order chi connectivity index (χ0) is 47.5. The van der Waals surface area contributed by atoms with E-state index in [0.29, 0.717) is 68.9 Å². The number of esters is 1. The summed E-state index contributed by atoms with van der Waals surface area (Å²) in [4.78, 5) is 71.4. The number of rotatable bonds is 5. The largest absolute Gasteiger partial charge is 0.460 e. The van der Waals surface area contributed by atoms with Crippen LogP contribution in [0.25, 0.3) is 0 Å². The van der Waals surface area contributed by atoms with Crippen LogP contribution in [-0.4, -0.2) is 130 Å². The van der Waals surface area contributed by atoms with E-state index in [4.69, 9.17) is 18.9 Å². The van der Waals surface area contributed by atoms with E-state index >= 15 is 0 Å². The van der Waals surface area contributed by atoms with Crippen LogP contribution in [-0.2, 0) is 42.9 Å². The van der Waals surface area contributed by atoms with Gasteiger partial charge in [-0.3, -0.25) is 19.2 Å². The summed E-state index contributed by atoms with van der Waals surface area (Å²) in [6.45, 7) is 12.5. The van der Waals surface area contributed by atoms with Crippen molar-refractivity contribution < 1.29 is 63.3 Å². The minimum atomic E-state index is -2.48. The molecule has 4 rings (SSSR count). The number of Topliss-reactive ketones (excluding diaryl/α,β-unsaturated/α-hetero) is 3. The van der Waals surface area contributed by atoms with Crippen LogP contribution >= 0.6 is 0 Å². The molecule has 1 aliphatic carbocycles. The van der Waals surface area contributed by atoms with Gasteiger partial charge in [0.2, 0.25) is 5.79 Å². The summed E-state index contributed by atoms with van der Waals surface area (Å²) in [5.41, 5.74) is 1.000. The van der Waals surface area contributed by atoms with Crippen LogP contribution in [0.2, 0.25) is 0 Å². The standard InChI is InChI=1S/C50H77NO13/c1-29-15-11-10-12-16-30(2)40(53)27-37-20-18-35(7)50(60,64-37)47(57)48(58)51-22-14-13-17-38(51)49(59)63-42(32(4)25-36-19-21-39(52)43(26-36)61-8)28-41(54)31(3)24-34(6)45(56)46(62-9)44(55)33(5)23-29/h10-12,15-16,24,29,31-33,35-40,42-43,45-46,52-53,56,60H,13-14,17-23,25-28H2,1-9H3/b12-10+,15-11+,30-16+,34-24+/t29-,31-,32-,33+,35-,36+,37+,38+,39-,40-,42+,43-,45-,46+,50-/m1/s1. The second-order valence-corrected chi connectivity index (χ2v) is 19.4. The molecule has 14 heteroatoms. The third-order valence-electron chi connectivity index (χ3n) is 14.2. The maximum Gasteiger partial charge on any atom is 0.329 e. The van der Waals surface area contributed by atoms with Crippen molar-refractivity contribution in [2.45, 2.75) is 180 Å². The molecule has 2 saturated heterocycles. The van der Waals surface area contributed by atoms with Crippen LogP contribution in [0.15, 0.2) is 47.6 Å². The molecule has 0 aromatic carbocycles. The summed E-state index contributed by atoms with van der Waals surface area (Å²) in [6.07, 6.45) is 9.53. The quantitative estimate of drug-likeness (QED) is 0.153. The normalized spacial score (nSPS) is 40.9. The molecule has 3 aliphatic heterocycles. The van der Waals surface area contributed by atoms with Crippen LogP contribution in [0, 0.1) is 35.5 Å². The molecule has 0 spiro atoms. The number of ether oxygens (including phenoxy) is 4. The highest BCUT2D eigenvalue weighted by atomic mass is 16.6. The van der Waals surface area contributed by atoms with Crippen LogP contribution in [0.5, 0.6) is 0 Å². The van der Waals surface area contributed by atoms with Gasteiger partial charge in [-0.2, -0.15) is 0 Å². The molecule has 3 fully saturated rings. The van der Waals surface area contributed by atoms with Gasteiger partial charge in [0, 0.05) is 51.4 Å². The molecule has 1 amide bonds. The number of hydrogen-bond donors (Lipinski definition) is 4. The predicted molar refractivity (Wildman–Crippen MR) is 240 cm³/mol. The minimum Gasteiger partial charge on any atom is -0.460 e. The maximum atomic E-state index is 14.3. The number of allylic oxidation sites excluding steroid dienone is 6. The van der Waals surface area contributed by atoms with E-state index in [1.165, 1.54) is 7.11 Å². The molecule has 1 saturated carbocycles. The van der Waals surface area contributed by atoms with E-state index in [9.17, 15) is 44.4 Å². The Hall–Kier alpha value is -3.37. The van der Waals surface area contributed by atoms with Gasteiger partial charge in [-0.25, -0.2) is 4.79 Å². The Morgan fingerprint density at radius 1 is 0.859 bits per heavy atom. The second-order valence-electron chi connectivity index (χ2n) is 19.4. The Morgan fingerprint density at radius 2 is 1.58 bits per heavy atom. The predicted octanol–water partition coefficient (Wildman–Crippen LogP) is 5.53. The van der Waals surface area contributed by atoms with Crippen molar-refractivity contribution >= 4 is 29.2 Å². The number of aliphatic hydroxyl groups is 4. The van der Waals surface area contributed by atoms with Gasteiger partial charge in [0.15, 0.2) is 5.78 Å². The topological polar surface area (TPSA) is 206 Å². The summed E-state index contributed by atoms with van der Waals surface area (Å²) in [5.74, 6) is -8.24. The molecular formula is C50H77NO13. The third kappa shape index (κ3) is 13.8. The highest BCUT2D eigenvalue weighted by molar-refractivity contribution is 6.39. The molecule has 14 nitrogen and oxygen atoms in total. The molecule has 2 bridgehead atoms. The van der Waals surface area contributed by atoms with E-state index in [0.717, 1.165) is 4.90 Å². The van der Waals surface area contributed by atoms with Crippen LogP contribution < -0.4 is 0 Å². The molecule has 0 unspecified atom stereocenters. The summed E-state index contributed by atoms with van der Waals surface area (Å²) in [6, 6.07) is -1.16. The van der Waals surface area contributed by atoms with Gasteiger partial charge < -0.3 is 44.3 Å². The Kier molecular flexibility index (Phi) is 20.3. The van der Waals surface area contributed by atoms with Gasteiger partial charge in [-0.05, 0) is 107 Å². The van der Waals surface area contributed by atoms with Crippen molar-refractivity contribution in [3.8, 4) is 0 Å². The number of methoxy groups -OCH3 is 2. The molecule has 0 aromatic rings. The lowest BCUT2D eigenvalue weighted by Gasteiger charge is -2.42. The van der Waals surface area contributed by atoms with Gasteiger partial charge in [0.1, 0.15) is 30.1 Å². The highest BCUT2D eigenvalue weighted by Gasteiger charge is 2.53. The van der Waals surface area contributed by atoms with Crippen molar-refractivity contribution in [3.05, 3.63) is 47.6 Å². The lowest BCUT2D eigenvalue weighted by molar-refractivity contribution is -0.265. The lowest BCUT2D eigenvalue weighted by Crippen LogP contribution is -2.61. The molecule has 0 radical (unpaired) electrons. The molecular weight excluding hydrogens is 823 g/mol. The first-order chi connectivity index (χ1) is 30.2. The number of cyclic esters (lactones) is 1. The first-order valence-electron chi connectivity index (χ1n) is 23.5. The van der Waals surface area contributed by atoms with Gasteiger partial charge in [-0.1, -0.05) is 71.1 Å². The summed E-state index contributed by atoms with van der Waals surface area (Å²) < 4.78 is 23.3. The molecule has 0 aromatic heterocycles. The number of carbonyl (C=O) groups is 5. The van der Waals surface area contributed by atoms with E-state index in [-0.39, 0.29) is 61.2 Å². The molecule has 3 heterocycles. The Morgan fingerprint density at radius 3 is 2.27 bits per heavy atom. The maximum absolute atomic E-state index is 14.3. The van der Waals surface area contributed by atoms with Gasteiger partial charge >= 0.3 is 5.97 Å². The number of nitrogens with zero attached hydrogens (tertiary/aromatic N) is 1. The fourth-order valence-corrected chi connectivity index (χ4v) is 9.85. The molecule has 15 atom stereocenters. The zero-order valence-corrected chi connectivity index (χ0v) is 39.6. The Balaban J connectivity index is 1.69. The van der Waals surface area contributed by atoms with Crippen molar-refractivity contribution in [1.29, 1.82) is 0 Å².